The van der Waals surface area contributed by atoms with Gasteiger partial charge in [0.25, 0.3) is 0 Å². The summed E-state index contributed by atoms with van der Waals surface area (Å²) in [5, 5.41) is 10.2. The van der Waals surface area contributed by atoms with Crippen LogP contribution in [0, 0.1) is 0 Å². The molecule has 0 saturated carbocycles. The van der Waals surface area contributed by atoms with Crippen LogP contribution in [0.1, 0.15) is 19.4 Å². The molecule has 2 aromatic rings. The van der Waals surface area contributed by atoms with Crippen LogP contribution in [0.4, 0.5) is 0 Å². The second-order valence-corrected chi connectivity index (χ2v) is 4.94. The normalized spacial score (nSPS) is 11.8. The van der Waals surface area contributed by atoms with Crippen LogP contribution in [0.3, 0.4) is 0 Å². The van der Waals surface area contributed by atoms with Crippen LogP contribution in [-0.4, -0.2) is 22.8 Å². The summed E-state index contributed by atoms with van der Waals surface area (Å²) in [5.74, 6) is -0.140. The van der Waals surface area contributed by atoms with Crippen molar-refractivity contribution in [1.82, 2.24) is 4.57 Å². The highest BCUT2D eigenvalue weighted by Gasteiger charge is 2.33. The highest BCUT2D eigenvalue weighted by molar-refractivity contribution is 5.95. The summed E-state index contributed by atoms with van der Waals surface area (Å²) in [5.41, 5.74) is 0.789. The molecule has 0 amide bonds. The van der Waals surface area contributed by atoms with E-state index in [1.54, 1.807) is 21.0 Å². The number of aromatic nitrogens is 1. The van der Waals surface area contributed by atoms with E-state index in [2.05, 4.69) is 0 Å². The van der Waals surface area contributed by atoms with Gasteiger partial charge in [-0.1, -0.05) is 6.07 Å². The number of hydrogen-bond donors (Lipinski definition) is 1. The van der Waals surface area contributed by atoms with E-state index in [4.69, 9.17) is 4.74 Å². The Balaban J connectivity index is 2.84. The van der Waals surface area contributed by atoms with Crippen molar-refractivity contribution in [2.24, 2.45) is 7.05 Å². The summed E-state index contributed by atoms with van der Waals surface area (Å²) in [6.07, 6.45) is 1.86. The topological polar surface area (TPSA) is 51.5 Å². The zero-order chi connectivity index (χ0) is 13.5. The van der Waals surface area contributed by atoms with E-state index in [9.17, 15) is 9.90 Å². The van der Waals surface area contributed by atoms with Gasteiger partial charge in [-0.2, -0.15) is 0 Å². The molecule has 2 rings (SSSR count). The van der Waals surface area contributed by atoms with E-state index in [0.29, 0.717) is 5.75 Å². The SMILES string of the molecule is COc1cccc2c1c(C(C)(C)C(=O)O)cn2C. The molecule has 4 nitrogen and oxygen atoms in total. The van der Waals surface area contributed by atoms with Gasteiger partial charge in [0.15, 0.2) is 0 Å². The fourth-order valence-electron chi connectivity index (χ4n) is 2.17. The van der Waals surface area contributed by atoms with Gasteiger partial charge < -0.3 is 14.4 Å². The van der Waals surface area contributed by atoms with Crippen molar-refractivity contribution in [3.05, 3.63) is 30.0 Å². The first-order valence-corrected chi connectivity index (χ1v) is 5.75. The van der Waals surface area contributed by atoms with Crippen molar-refractivity contribution < 1.29 is 14.6 Å². The van der Waals surface area contributed by atoms with Crippen LogP contribution in [0.15, 0.2) is 24.4 Å². The molecule has 1 aromatic carbocycles. The van der Waals surface area contributed by atoms with E-state index in [1.165, 1.54) is 0 Å². The molecule has 0 aliphatic heterocycles. The quantitative estimate of drug-likeness (QED) is 0.906. The predicted octanol–water partition coefficient (Wildman–Crippen LogP) is 2.55. The van der Waals surface area contributed by atoms with Gasteiger partial charge in [0.2, 0.25) is 0 Å². The van der Waals surface area contributed by atoms with Crippen molar-refractivity contribution in [2.75, 3.05) is 7.11 Å². The van der Waals surface area contributed by atoms with Crippen molar-refractivity contribution in [3.63, 3.8) is 0 Å². The third-order valence-electron chi connectivity index (χ3n) is 3.40. The number of aliphatic carboxylic acids is 1. The molecule has 0 spiro atoms. The molecule has 0 aliphatic rings. The monoisotopic (exact) mass is 247 g/mol. The van der Waals surface area contributed by atoms with E-state index in [0.717, 1.165) is 16.5 Å². The van der Waals surface area contributed by atoms with Gasteiger partial charge in [-0.05, 0) is 31.5 Å². The van der Waals surface area contributed by atoms with Crippen molar-refractivity contribution in [2.45, 2.75) is 19.3 Å². The maximum Gasteiger partial charge on any atom is 0.313 e. The van der Waals surface area contributed by atoms with Crippen LogP contribution in [0.25, 0.3) is 10.9 Å². The highest BCUT2D eigenvalue weighted by Crippen LogP contribution is 2.37. The summed E-state index contributed by atoms with van der Waals surface area (Å²) >= 11 is 0. The van der Waals surface area contributed by atoms with Gasteiger partial charge in [-0.25, -0.2) is 0 Å². The Kier molecular flexibility index (Phi) is 2.81. The predicted molar refractivity (Wildman–Crippen MR) is 70.1 cm³/mol. The molecule has 0 unspecified atom stereocenters. The third kappa shape index (κ3) is 1.65. The Morgan fingerprint density at radius 2 is 2.06 bits per heavy atom. The summed E-state index contributed by atoms with van der Waals surface area (Å²) in [6.45, 7) is 3.41. The standard InChI is InChI=1S/C14H17NO3/c1-14(2,13(16)17)9-8-15(3)10-6-5-7-11(18-4)12(9)10/h5-8H,1-4H3,(H,16,17). The van der Waals surface area contributed by atoms with Crippen LogP contribution < -0.4 is 4.74 Å². The van der Waals surface area contributed by atoms with E-state index >= 15 is 0 Å². The molecule has 0 saturated heterocycles. The lowest BCUT2D eigenvalue weighted by atomic mass is 9.84. The highest BCUT2D eigenvalue weighted by atomic mass is 16.5. The van der Waals surface area contributed by atoms with Gasteiger partial charge >= 0.3 is 5.97 Å². The first kappa shape index (κ1) is 12.5. The molecule has 1 N–H and O–H groups in total. The Bertz CT molecular complexity index is 611. The van der Waals surface area contributed by atoms with Crippen LogP contribution >= 0.6 is 0 Å². The number of carbonyl (C=O) groups is 1. The zero-order valence-electron chi connectivity index (χ0n) is 11.0. The summed E-state index contributed by atoms with van der Waals surface area (Å²) in [7, 11) is 3.50. The van der Waals surface area contributed by atoms with E-state index in [1.807, 2.05) is 36.0 Å². The summed E-state index contributed by atoms with van der Waals surface area (Å²) in [4.78, 5) is 11.4. The minimum absolute atomic E-state index is 0.706. The number of aryl methyl sites for hydroxylation is 1. The molecule has 0 fully saturated rings. The first-order valence-electron chi connectivity index (χ1n) is 5.75. The Morgan fingerprint density at radius 3 is 2.61 bits per heavy atom. The van der Waals surface area contributed by atoms with Gasteiger partial charge in [-0.15, -0.1) is 0 Å². The minimum atomic E-state index is -0.950. The lowest BCUT2D eigenvalue weighted by Crippen LogP contribution is -2.28. The Hall–Kier alpha value is -1.97. The average Bonchev–Trinajstić information content (AvgIpc) is 2.67. The van der Waals surface area contributed by atoms with Gasteiger partial charge in [0.1, 0.15) is 5.75 Å². The van der Waals surface area contributed by atoms with Crippen molar-refractivity contribution >= 4 is 16.9 Å². The van der Waals surface area contributed by atoms with Crippen LogP contribution in [0.5, 0.6) is 5.75 Å². The average molecular weight is 247 g/mol. The maximum atomic E-state index is 11.4. The first-order chi connectivity index (χ1) is 8.39. The number of methoxy groups -OCH3 is 1. The largest absolute Gasteiger partial charge is 0.496 e. The summed E-state index contributed by atoms with van der Waals surface area (Å²) in [6, 6.07) is 5.71. The fraction of sp³-hybridized carbons (Fsp3) is 0.357. The van der Waals surface area contributed by atoms with Gasteiger partial charge in [0.05, 0.1) is 18.0 Å². The molecule has 0 radical (unpaired) electrons. The Labute approximate surface area is 106 Å². The smallest absolute Gasteiger partial charge is 0.313 e. The fourth-order valence-corrected chi connectivity index (χ4v) is 2.17. The molecular weight excluding hydrogens is 230 g/mol. The number of carboxylic acid groups (broad SMARTS) is 1. The van der Waals surface area contributed by atoms with Crippen LogP contribution in [0.2, 0.25) is 0 Å². The molecule has 18 heavy (non-hydrogen) atoms. The lowest BCUT2D eigenvalue weighted by Gasteiger charge is -2.19. The van der Waals surface area contributed by atoms with Gasteiger partial charge in [0, 0.05) is 18.6 Å². The molecule has 4 heteroatoms. The number of ether oxygens (including phenoxy) is 1. The lowest BCUT2D eigenvalue weighted by molar-refractivity contribution is -0.142. The number of fused-ring (bicyclic) bond motifs is 1. The van der Waals surface area contributed by atoms with Gasteiger partial charge in [-0.3, -0.25) is 4.79 Å². The van der Waals surface area contributed by atoms with Crippen molar-refractivity contribution in [3.8, 4) is 5.75 Å². The van der Waals surface area contributed by atoms with E-state index < -0.39 is 11.4 Å². The zero-order valence-corrected chi connectivity index (χ0v) is 11.0. The Morgan fingerprint density at radius 1 is 1.39 bits per heavy atom. The molecule has 0 atom stereocenters. The number of carboxylic acids is 1. The second-order valence-electron chi connectivity index (χ2n) is 4.94. The molecule has 0 aliphatic carbocycles. The number of rotatable bonds is 3. The number of nitrogens with zero attached hydrogens (tertiary/aromatic N) is 1. The van der Waals surface area contributed by atoms with Crippen molar-refractivity contribution in [1.29, 1.82) is 0 Å². The minimum Gasteiger partial charge on any atom is -0.496 e. The van der Waals surface area contributed by atoms with E-state index in [-0.39, 0.29) is 0 Å². The second kappa shape index (κ2) is 4.05. The molecule has 96 valence electrons. The number of hydrogen-bond acceptors (Lipinski definition) is 2. The number of benzene rings is 1. The summed E-state index contributed by atoms with van der Waals surface area (Å²) < 4.78 is 7.28. The molecular formula is C14H17NO3. The molecule has 0 bridgehead atoms. The molecule has 1 heterocycles. The molecule has 1 aromatic heterocycles. The third-order valence-corrected chi connectivity index (χ3v) is 3.40. The van der Waals surface area contributed by atoms with Crippen LogP contribution in [-0.2, 0) is 17.3 Å². The maximum absolute atomic E-state index is 11.4.